The number of carbonyl (C=O) groups excluding carboxylic acids is 1. The summed E-state index contributed by atoms with van der Waals surface area (Å²) in [6.45, 7) is 0. The number of aromatic amines is 1. The molecule has 0 spiro atoms. The number of fused-ring (bicyclic) bond motifs is 1. The molecular formula is C5H2N2O3. The maximum absolute atomic E-state index is 10.6. The lowest BCUT2D eigenvalue weighted by atomic mass is 10.5. The zero-order valence-corrected chi connectivity index (χ0v) is 4.75. The molecule has 1 aromatic heterocycles. The van der Waals surface area contributed by atoms with Gasteiger partial charge in [0.1, 0.15) is 0 Å². The van der Waals surface area contributed by atoms with Crippen molar-refractivity contribution in [2.75, 3.05) is 0 Å². The SMILES string of the molecule is O=C1C=c2o[nH]c(=O)c2=N1. The fraction of sp³-hybridized carbons (Fsp3) is 0. The minimum absolute atomic E-state index is 0.0741. The zero-order valence-electron chi connectivity index (χ0n) is 4.75. The van der Waals surface area contributed by atoms with Crippen molar-refractivity contribution in [3.63, 3.8) is 0 Å². The molecule has 1 aliphatic heterocycles. The fourth-order valence-electron chi connectivity index (χ4n) is 0.768. The van der Waals surface area contributed by atoms with Gasteiger partial charge < -0.3 is 4.52 Å². The van der Waals surface area contributed by atoms with Gasteiger partial charge in [-0.1, -0.05) is 0 Å². The standard InChI is InChI=1S/C5H2N2O3/c8-3-1-2-4(6-3)5(9)7-10-2/h1H,(H,7,9). The fourth-order valence-corrected chi connectivity index (χ4v) is 0.768. The van der Waals surface area contributed by atoms with E-state index in [1.54, 1.807) is 0 Å². The van der Waals surface area contributed by atoms with Crippen LogP contribution in [0.1, 0.15) is 0 Å². The lowest BCUT2D eigenvalue weighted by Gasteiger charge is -1.68. The van der Waals surface area contributed by atoms with Gasteiger partial charge in [-0.25, -0.2) is 0 Å². The molecule has 5 nitrogen and oxygen atoms in total. The third-order valence-corrected chi connectivity index (χ3v) is 1.18. The van der Waals surface area contributed by atoms with Crippen molar-refractivity contribution in [2.45, 2.75) is 0 Å². The first kappa shape index (κ1) is 5.16. The second-order valence-corrected chi connectivity index (χ2v) is 1.84. The number of nitrogens with one attached hydrogen (secondary N) is 1. The minimum Gasteiger partial charge on any atom is -0.376 e. The topological polar surface area (TPSA) is 75.4 Å². The van der Waals surface area contributed by atoms with E-state index in [1.165, 1.54) is 0 Å². The normalized spacial score (nSPS) is 14.2. The van der Waals surface area contributed by atoms with Gasteiger partial charge in [-0.05, 0) is 0 Å². The summed E-state index contributed by atoms with van der Waals surface area (Å²) in [6, 6.07) is 0. The highest BCUT2D eigenvalue weighted by molar-refractivity contribution is 6.05. The molecule has 2 rings (SSSR count). The molecule has 2 heterocycles. The van der Waals surface area contributed by atoms with E-state index in [-0.39, 0.29) is 10.8 Å². The Kier molecular flexibility index (Phi) is 0.743. The maximum atomic E-state index is 10.6. The molecule has 0 fully saturated rings. The van der Waals surface area contributed by atoms with Gasteiger partial charge in [-0.2, -0.15) is 10.1 Å². The van der Waals surface area contributed by atoms with Crippen LogP contribution < -0.4 is 16.3 Å². The zero-order chi connectivity index (χ0) is 7.14. The van der Waals surface area contributed by atoms with Gasteiger partial charge in [0.25, 0.3) is 5.91 Å². The van der Waals surface area contributed by atoms with Crippen molar-refractivity contribution in [3.05, 3.63) is 21.1 Å². The van der Waals surface area contributed by atoms with E-state index < -0.39 is 11.5 Å². The highest BCUT2D eigenvalue weighted by Crippen LogP contribution is 1.76. The van der Waals surface area contributed by atoms with Crippen LogP contribution in [-0.2, 0) is 4.79 Å². The van der Waals surface area contributed by atoms with E-state index in [0.29, 0.717) is 0 Å². The quantitative estimate of drug-likeness (QED) is 0.446. The Balaban J connectivity index is 3.12. The van der Waals surface area contributed by atoms with Gasteiger partial charge in [-0.3, -0.25) is 9.59 Å². The molecular weight excluding hydrogens is 136 g/mol. The molecule has 0 saturated carbocycles. The first-order valence-electron chi connectivity index (χ1n) is 2.59. The number of H-pyrrole nitrogens is 1. The molecule has 0 unspecified atom stereocenters. The third kappa shape index (κ3) is 0.485. The molecule has 1 N–H and O–H groups in total. The molecule has 1 aliphatic rings. The molecule has 10 heavy (non-hydrogen) atoms. The first-order valence-corrected chi connectivity index (χ1v) is 2.59. The van der Waals surface area contributed by atoms with Crippen LogP contribution in [0.5, 0.6) is 0 Å². The molecule has 0 atom stereocenters. The highest BCUT2D eigenvalue weighted by Gasteiger charge is 2.08. The molecule has 0 bridgehead atoms. The number of hydrogen-bond donors (Lipinski definition) is 1. The van der Waals surface area contributed by atoms with Crippen molar-refractivity contribution in [3.8, 4) is 0 Å². The predicted octanol–water partition coefficient (Wildman–Crippen LogP) is -2.09. The van der Waals surface area contributed by atoms with Crippen molar-refractivity contribution in [1.82, 2.24) is 5.16 Å². The number of carbonyl (C=O) groups is 1. The van der Waals surface area contributed by atoms with Gasteiger partial charge in [-0.15, -0.1) is 0 Å². The summed E-state index contributed by atoms with van der Waals surface area (Å²) in [4.78, 5) is 24.5. The lowest BCUT2D eigenvalue weighted by molar-refractivity contribution is -0.112. The summed E-state index contributed by atoms with van der Waals surface area (Å²) in [5.74, 6) is -0.445. The van der Waals surface area contributed by atoms with E-state index in [1.807, 2.05) is 0 Å². The number of rotatable bonds is 0. The summed E-state index contributed by atoms with van der Waals surface area (Å²) < 4.78 is 4.57. The second-order valence-electron chi connectivity index (χ2n) is 1.84. The Labute approximate surface area is 53.6 Å². The third-order valence-electron chi connectivity index (χ3n) is 1.18. The van der Waals surface area contributed by atoms with Crippen LogP contribution in [0.2, 0.25) is 0 Å². The van der Waals surface area contributed by atoms with E-state index in [0.717, 1.165) is 6.08 Å². The molecule has 0 aromatic carbocycles. The second kappa shape index (κ2) is 1.44. The molecule has 1 aromatic rings. The average Bonchev–Trinajstić information content (AvgIpc) is 2.35. The van der Waals surface area contributed by atoms with Crippen LogP contribution in [0.3, 0.4) is 0 Å². The average molecular weight is 138 g/mol. The van der Waals surface area contributed by atoms with Crippen molar-refractivity contribution in [2.24, 2.45) is 4.99 Å². The van der Waals surface area contributed by atoms with E-state index in [4.69, 9.17) is 0 Å². The number of nitrogens with zero attached hydrogens (tertiary/aromatic N) is 1. The van der Waals surface area contributed by atoms with Crippen LogP contribution in [0, 0.1) is 0 Å². The Bertz CT molecular complexity index is 450. The molecule has 0 aliphatic carbocycles. The van der Waals surface area contributed by atoms with E-state index in [2.05, 4.69) is 14.7 Å². The maximum Gasteiger partial charge on any atom is 0.306 e. The van der Waals surface area contributed by atoms with Crippen LogP contribution in [0.15, 0.2) is 14.3 Å². The minimum atomic E-state index is -0.461. The lowest BCUT2D eigenvalue weighted by Crippen LogP contribution is -2.29. The van der Waals surface area contributed by atoms with Crippen LogP contribution in [-0.4, -0.2) is 11.1 Å². The van der Waals surface area contributed by atoms with Gasteiger partial charge in [0.05, 0.1) is 6.08 Å². The van der Waals surface area contributed by atoms with Crippen molar-refractivity contribution < 1.29 is 9.32 Å². The smallest absolute Gasteiger partial charge is 0.306 e. The van der Waals surface area contributed by atoms with Crippen molar-refractivity contribution >= 4 is 12.0 Å². The number of aromatic nitrogens is 1. The Morgan fingerprint density at radius 3 is 3.00 bits per heavy atom. The van der Waals surface area contributed by atoms with Crippen LogP contribution in [0.25, 0.3) is 6.08 Å². The molecule has 1 amide bonds. The highest BCUT2D eigenvalue weighted by atomic mass is 16.5. The van der Waals surface area contributed by atoms with Gasteiger partial charge in [0, 0.05) is 0 Å². The summed E-state index contributed by atoms with van der Waals surface area (Å²) in [6.07, 6.45) is 1.16. The number of hydrogen-bond acceptors (Lipinski definition) is 3. The van der Waals surface area contributed by atoms with Crippen LogP contribution >= 0.6 is 0 Å². The summed E-state index contributed by atoms with van der Waals surface area (Å²) >= 11 is 0. The number of amides is 1. The van der Waals surface area contributed by atoms with Gasteiger partial charge >= 0.3 is 5.56 Å². The Morgan fingerprint density at radius 1 is 1.50 bits per heavy atom. The van der Waals surface area contributed by atoms with E-state index in [9.17, 15) is 9.59 Å². The Morgan fingerprint density at radius 2 is 2.30 bits per heavy atom. The molecule has 0 saturated heterocycles. The summed E-state index contributed by atoms with van der Waals surface area (Å²) in [5, 5.41) is 2.13. The predicted molar refractivity (Wildman–Crippen MR) is 29.6 cm³/mol. The van der Waals surface area contributed by atoms with Gasteiger partial charge in [0.2, 0.25) is 0 Å². The van der Waals surface area contributed by atoms with Gasteiger partial charge in [0.15, 0.2) is 10.8 Å². The molecule has 0 radical (unpaired) electrons. The summed E-state index contributed by atoms with van der Waals surface area (Å²) in [5.41, 5.74) is -0.243. The van der Waals surface area contributed by atoms with E-state index >= 15 is 0 Å². The van der Waals surface area contributed by atoms with Crippen LogP contribution in [0.4, 0.5) is 0 Å². The molecule has 50 valence electrons. The largest absolute Gasteiger partial charge is 0.376 e. The first-order chi connectivity index (χ1) is 4.77. The molecule has 5 heteroatoms. The Hall–Kier alpha value is -1.65. The monoisotopic (exact) mass is 138 g/mol. The van der Waals surface area contributed by atoms with Crippen molar-refractivity contribution in [1.29, 1.82) is 0 Å². The summed E-state index contributed by atoms with van der Waals surface area (Å²) in [7, 11) is 0.